The largest absolute Gasteiger partial charge is 0.338 e. The van der Waals surface area contributed by atoms with Gasteiger partial charge in [-0.1, -0.05) is 78.4 Å². The molecule has 0 spiro atoms. The lowest BCUT2D eigenvalue weighted by Crippen LogP contribution is -2.38. The fourth-order valence-electron chi connectivity index (χ4n) is 5.68. The van der Waals surface area contributed by atoms with Crippen molar-refractivity contribution in [1.82, 2.24) is 9.80 Å². The molecule has 3 aromatic rings. The standard InChI is InChI=1S/C30H34N2O/c1-23-12-14-27(15-13-23)30(33)32-21-28(29(22-32)26-10-6-3-7-11-26)20-31-18-16-25(17-19-31)24-8-4-2-5-9-24/h2-15,25,28-29H,16-22H2,1H3. The van der Waals surface area contributed by atoms with Gasteiger partial charge in [0.05, 0.1) is 0 Å². The van der Waals surface area contributed by atoms with Crippen molar-refractivity contribution in [2.75, 3.05) is 32.7 Å². The van der Waals surface area contributed by atoms with Gasteiger partial charge < -0.3 is 9.80 Å². The minimum Gasteiger partial charge on any atom is -0.338 e. The minimum atomic E-state index is 0.168. The molecule has 2 saturated heterocycles. The third-order valence-corrected chi connectivity index (χ3v) is 7.61. The van der Waals surface area contributed by atoms with E-state index in [1.165, 1.54) is 29.5 Å². The first-order valence-electron chi connectivity index (χ1n) is 12.4. The molecule has 0 aliphatic carbocycles. The van der Waals surface area contributed by atoms with Gasteiger partial charge in [0.1, 0.15) is 0 Å². The van der Waals surface area contributed by atoms with E-state index in [-0.39, 0.29) is 5.91 Å². The van der Waals surface area contributed by atoms with Crippen LogP contribution in [0.2, 0.25) is 0 Å². The quantitative estimate of drug-likeness (QED) is 0.508. The van der Waals surface area contributed by atoms with Crippen LogP contribution in [0.15, 0.2) is 84.9 Å². The van der Waals surface area contributed by atoms with Crippen LogP contribution in [0.3, 0.4) is 0 Å². The number of rotatable bonds is 5. The van der Waals surface area contributed by atoms with Crippen LogP contribution in [-0.4, -0.2) is 48.4 Å². The number of piperidine rings is 1. The van der Waals surface area contributed by atoms with Gasteiger partial charge in [0.2, 0.25) is 0 Å². The molecule has 0 radical (unpaired) electrons. The van der Waals surface area contributed by atoms with E-state index in [1.807, 2.05) is 24.3 Å². The van der Waals surface area contributed by atoms with Gasteiger partial charge in [-0.15, -0.1) is 0 Å². The van der Waals surface area contributed by atoms with Gasteiger partial charge in [-0.3, -0.25) is 4.79 Å². The number of hydrogen-bond acceptors (Lipinski definition) is 2. The first-order valence-corrected chi connectivity index (χ1v) is 12.4. The molecule has 3 nitrogen and oxygen atoms in total. The third-order valence-electron chi connectivity index (χ3n) is 7.61. The summed E-state index contributed by atoms with van der Waals surface area (Å²) in [6, 6.07) is 29.8. The Labute approximate surface area is 198 Å². The van der Waals surface area contributed by atoms with Crippen molar-refractivity contribution in [3.05, 3.63) is 107 Å². The van der Waals surface area contributed by atoms with Crippen molar-refractivity contribution >= 4 is 5.91 Å². The monoisotopic (exact) mass is 438 g/mol. The lowest BCUT2D eigenvalue weighted by Gasteiger charge is -2.34. The highest BCUT2D eigenvalue weighted by Crippen LogP contribution is 2.36. The molecule has 33 heavy (non-hydrogen) atoms. The van der Waals surface area contributed by atoms with Gasteiger partial charge in [-0.05, 0) is 68.0 Å². The topological polar surface area (TPSA) is 23.6 Å². The second-order valence-corrected chi connectivity index (χ2v) is 9.84. The molecule has 170 valence electrons. The van der Waals surface area contributed by atoms with Crippen LogP contribution in [0.4, 0.5) is 0 Å². The van der Waals surface area contributed by atoms with Gasteiger partial charge in [0, 0.05) is 31.1 Å². The summed E-state index contributed by atoms with van der Waals surface area (Å²) < 4.78 is 0. The zero-order chi connectivity index (χ0) is 22.6. The number of amides is 1. The normalized spacial score (nSPS) is 21.9. The van der Waals surface area contributed by atoms with Crippen LogP contribution in [0.1, 0.15) is 51.7 Å². The highest BCUT2D eigenvalue weighted by molar-refractivity contribution is 5.94. The van der Waals surface area contributed by atoms with Crippen LogP contribution in [0, 0.1) is 12.8 Å². The predicted molar refractivity (Wildman–Crippen MR) is 135 cm³/mol. The van der Waals surface area contributed by atoms with E-state index in [0.29, 0.717) is 17.8 Å². The van der Waals surface area contributed by atoms with Crippen LogP contribution in [0.5, 0.6) is 0 Å². The molecule has 0 saturated carbocycles. The maximum atomic E-state index is 13.3. The summed E-state index contributed by atoms with van der Waals surface area (Å²) >= 11 is 0. The van der Waals surface area contributed by atoms with E-state index in [0.717, 1.165) is 38.3 Å². The average Bonchev–Trinajstić information content (AvgIpc) is 3.29. The maximum absolute atomic E-state index is 13.3. The van der Waals surface area contributed by atoms with E-state index < -0.39 is 0 Å². The average molecular weight is 439 g/mol. The van der Waals surface area contributed by atoms with E-state index in [1.54, 1.807) is 0 Å². The van der Waals surface area contributed by atoms with Gasteiger partial charge >= 0.3 is 0 Å². The Kier molecular flexibility index (Phi) is 6.59. The third kappa shape index (κ3) is 5.04. The molecule has 5 rings (SSSR count). The fraction of sp³-hybridized carbons (Fsp3) is 0.367. The van der Waals surface area contributed by atoms with Crippen molar-refractivity contribution in [2.45, 2.75) is 31.6 Å². The highest BCUT2D eigenvalue weighted by atomic mass is 16.2. The molecule has 2 heterocycles. The summed E-state index contributed by atoms with van der Waals surface area (Å²) in [6.45, 7) is 7.06. The number of benzene rings is 3. The summed E-state index contributed by atoms with van der Waals surface area (Å²) in [6.07, 6.45) is 2.44. The zero-order valence-corrected chi connectivity index (χ0v) is 19.6. The van der Waals surface area contributed by atoms with Crippen LogP contribution in [-0.2, 0) is 0 Å². The molecule has 0 aromatic heterocycles. The first kappa shape index (κ1) is 21.9. The molecule has 1 amide bonds. The lowest BCUT2D eigenvalue weighted by atomic mass is 9.86. The summed E-state index contributed by atoms with van der Waals surface area (Å²) in [4.78, 5) is 18.0. The Morgan fingerprint density at radius 1 is 0.788 bits per heavy atom. The van der Waals surface area contributed by atoms with E-state index in [9.17, 15) is 4.79 Å². The molecule has 0 bridgehead atoms. The molecular formula is C30H34N2O. The molecule has 2 aliphatic rings. The molecule has 2 fully saturated rings. The van der Waals surface area contributed by atoms with Gasteiger partial charge in [-0.25, -0.2) is 0 Å². The van der Waals surface area contributed by atoms with Crippen molar-refractivity contribution in [1.29, 1.82) is 0 Å². The molecule has 3 heteroatoms. The number of nitrogens with zero attached hydrogens (tertiary/aromatic N) is 2. The number of carbonyl (C=O) groups is 1. The molecule has 2 aliphatic heterocycles. The molecule has 2 unspecified atom stereocenters. The van der Waals surface area contributed by atoms with Gasteiger partial charge in [0.25, 0.3) is 5.91 Å². The van der Waals surface area contributed by atoms with Crippen molar-refractivity contribution < 1.29 is 4.79 Å². The number of hydrogen-bond donors (Lipinski definition) is 0. The molecule has 3 aromatic carbocycles. The highest BCUT2D eigenvalue weighted by Gasteiger charge is 2.37. The van der Waals surface area contributed by atoms with Crippen molar-refractivity contribution in [2.24, 2.45) is 5.92 Å². The predicted octanol–water partition coefficient (Wildman–Crippen LogP) is 5.73. The van der Waals surface area contributed by atoms with E-state index in [2.05, 4.69) is 77.4 Å². The summed E-state index contributed by atoms with van der Waals surface area (Å²) in [5.41, 5.74) is 4.83. The molecule has 2 atom stereocenters. The summed E-state index contributed by atoms with van der Waals surface area (Å²) in [5.74, 6) is 1.71. The van der Waals surface area contributed by atoms with Gasteiger partial charge in [0.15, 0.2) is 0 Å². The number of carbonyl (C=O) groups excluding carboxylic acids is 1. The van der Waals surface area contributed by atoms with Crippen LogP contribution in [0.25, 0.3) is 0 Å². The minimum absolute atomic E-state index is 0.168. The van der Waals surface area contributed by atoms with Crippen LogP contribution < -0.4 is 0 Å². The van der Waals surface area contributed by atoms with Crippen molar-refractivity contribution in [3.63, 3.8) is 0 Å². The summed E-state index contributed by atoms with van der Waals surface area (Å²) in [7, 11) is 0. The zero-order valence-electron chi connectivity index (χ0n) is 19.6. The smallest absolute Gasteiger partial charge is 0.253 e. The number of aryl methyl sites for hydroxylation is 1. The fourth-order valence-corrected chi connectivity index (χ4v) is 5.68. The maximum Gasteiger partial charge on any atom is 0.253 e. The second kappa shape index (κ2) is 9.93. The SMILES string of the molecule is Cc1ccc(C(=O)N2CC(CN3CCC(c4ccccc4)CC3)C(c3ccccc3)C2)cc1. The Morgan fingerprint density at radius 2 is 1.39 bits per heavy atom. The lowest BCUT2D eigenvalue weighted by molar-refractivity contribution is 0.0781. The molecule has 0 N–H and O–H groups in total. The Hall–Kier alpha value is -2.91. The van der Waals surface area contributed by atoms with Gasteiger partial charge in [-0.2, -0.15) is 0 Å². The van der Waals surface area contributed by atoms with Crippen molar-refractivity contribution in [3.8, 4) is 0 Å². The second-order valence-electron chi connectivity index (χ2n) is 9.84. The Morgan fingerprint density at radius 3 is 2.03 bits per heavy atom. The van der Waals surface area contributed by atoms with Crippen LogP contribution >= 0.6 is 0 Å². The molecular weight excluding hydrogens is 404 g/mol. The Balaban J connectivity index is 1.27. The number of likely N-dealkylation sites (tertiary alicyclic amines) is 2. The summed E-state index contributed by atoms with van der Waals surface area (Å²) in [5, 5.41) is 0. The van der Waals surface area contributed by atoms with E-state index >= 15 is 0 Å². The van der Waals surface area contributed by atoms with E-state index in [4.69, 9.17) is 0 Å². The first-order chi connectivity index (χ1) is 16.2. The Bertz CT molecular complexity index is 1040.